The Morgan fingerprint density at radius 2 is 1.70 bits per heavy atom. The van der Waals surface area contributed by atoms with Crippen LogP contribution in [0.4, 0.5) is 10.2 Å². The third kappa shape index (κ3) is 4.55. The second-order valence-corrected chi connectivity index (χ2v) is 9.28. The lowest BCUT2D eigenvalue weighted by Gasteiger charge is -2.35. The number of piperazine rings is 1. The Morgan fingerprint density at radius 3 is 2.38 bits per heavy atom. The van der Waals surface area contributed by atoms with Crippen LogP contribution in [0.2, 0.25) is 0 Å². The van der Waals surface area contributed by atoms with Crippen LogP contribution in [0.5, 0.6) is 0 Å². The zero-order valence-corrected chi connectivity index (χ0v) is 20.4. The zero-order valence-electron chi connectivity index (χ0n) is 20.4. The molecule has 0 N–H and O–H groups in total. The van der Waals surface area contributed by atoms with E-state index in [1.54, 1.807) is 10.9 Å². The number of anilines is 1. The van der Waals surface area contributed by atoms with Gasteiger partial charge in [-0.1, -0.05) is 12.1 Å². The summed E-state index contributed by atoms with van der Waals surface area (Å²) in [6, 6.07) is 17.1. The quantitative estimate of drug-likeness (QED) is 0.367. The summed E-state index contributed by atoms with van der Waals surface area (Å²) >= 11 is 0. The van der Waals surface area contributed by atoms with Gasteiger partial charge in [-0.3, -0.25) is 14.0 Å². The van der Waals surface area contributed by atoms with Gasteiger partial charge in [0.25, 0.3) is 0 Å². The average Bonchev–Trinajstić information content (AvgIpc) is 3.56. The molecule has 1 fully saturated rings. The minimum absolute atomic E-state index is 0.204. The molecule has 0 atom stereocenters. The number of nitriles is 1. The van der Waals surface area contributed by atoms with Crippen molar-refractivity contribution in [1.82, 2.24) is 29.0 Å². The molecule has 0 spiro atoms. The average molecular weight is 493 g/mol. The van der Waals surface area contributed by atoms with Crippen LogP contribution in [-0.2, 0) is 13.6 Å². The summed E-state index contributed by atoms with van der Waals surface area (Å²) in [5, 5.41) is 14.0. The van der Waals surface area contributed by atoms with E-state index < -0.39 is 0 Å². The molecule has 6 rings (SSSR count). The van der Waals surface area contributed by atoms with Gasteiger partial charge in [-0.15, -0.1) is 0 Å². The predicted molar refractivity (Wildman–Crippen MR) is 139 cm³/mol. The van der Waals surface area contributed by atoms with E-state index in [1.165, 1.54) is 12.1 Å². The van der Waals surface area contributed by atoms with E-state index in [1.807, 2.05) is 54.3 Å². The highest BCUT2D eigenvalue weighted by Crippen LogP contribution is 2.30. The fraction of sp³-hybridized carbons (Fsp3) is 0.214. The highest BCUT2D eigenvalue weighted by atomic mass is 19.1. The van der Waals surface area contributed by atoms with E-state index in [2.05, 4.69) is 38.1 Å². The Kier molecular flexibility index (Phi) is 5.87. The van der Waals surface area contributed by atoms with Gasteiger partial charge in [0, 0.05) is 63.3 Å². The number of hydrogen-bond acceptors (Lipinski definition) is 6. The molecule has 1 saturated heterocycles. The van der Waals surface area contributed by atoms with Gasteiger partial charge in [-0.2, -0.15) is 10.4 Å². The van der Waals surface area contributed by atoms with Crippen molar-refractivity contribution >= 4 is 11.5 Å². The molecule has 37 heavy (non-hydrogen) atoms. The summed E-state index contributed by atoms with van der Waals surface area (Å²) in [5.41, 5.74) is 6.02. The van der Waals surface area contributed by atoms with Gasteiger partial charge in [0.2, 0.25) is 0 Å². The Bertz CT molecular complexity index is 1590. The third-order valence-electron chi connectivity index (χ3n) is 6.82. The lowest BCUT2D eigenvalue weighted by atomic mass is 10.1. The van der Waals surface area contributed by atoms with Gasteiger partial charge >= 0.3 is 0 Å². The summed E-state index contributed by atoms with van der Waals surface area (Å²) < 4.78 is 16.8. The number of fused-ring (bicyclic) bond motifs is 1. The molecule has 0 saturated carbocycles. The van der Waals surface area contributed by atoms with Crippen LogP contribution in [0.25, 0.3) is 28.0 Å². The van der Waals surface area contributed by atoms with Crippen molar-refractivity contribution < 1.29 is 4.39 Å². The molecule has 0 radical (unpaired) electrons. The molecule has 9 heteroatoms. The number of aryl methyl sites for hydroxylation is 1. The monoisotopic (exact) mass is 492 g/mol. The second-order valence-electron chi connectivity index (χ2n) is 9.28. The lowest BCUT2D eigenvalue weighted by molar-refractivity contribution is 0.249. The van der Waals surface area contributed by atoms with Crippen molar-refractivity contribution in [2.45, 2.75) is 6.54 Å². The summed E-state index contributed by atoms with van der Waals surface area (Å²) in [4.78, 5) is 13.9. The van der Waals surface area contributed by atoms with Gasteiger partial charge < -0.3 is 4.90 Å². The highest BCUT2D eigenvalue weighted by molar-refractivity contribution is 5.75. The number of nitrogens with zero attached hydrogens (tertiary/aromatic N) is 8. The normalized spacial score (nSPS) is 14.2. The zero-order chi connectivity index (χ0) is 25.4. The van der Waals surface area contributed by atoms with Crippen LogP contribution in [0.3, 0.4) is 0 Å². The fourth-order valence-corrected chi connectivity index (χ4v) is 4.85. The van der Waals surface area contributed by atoms with E-state index >= 15 is 0 Å². The molecular formula is C28H25FN8. The predicted octanol–water partition coefficient (Wildman–Crippen LogP) is 4.13. The Balaban J connectivity index is 1.23. The molecule has 5 aromatic rings. The summed E-state index contributed by atoms with van der Waals surface area (Å²) in [5.74, 6) is 0.723. The second kappa shape index (κ2) is 9.48. The van der Waals surface area contributed by atoms with E-state index in [0.717, 1.165) is 66.5 Å². The number of benzene rings is 1. The number of aromatic nitrogens is 5. The first-order valence-electron chi connectivity index (χ1n) is 12.2. The highest BCUT2D eigenvalue weighted by Gasteiger charge is 2.19. The molecule has 1 aromatic carbocycles. The van der Waals surface area contributed by atoms with Crippen LogP contribution >= 0.6 is 0 Å². The van der Waals surface area contributed by atoms with Crippen LogP contribution in [0.1, 0.15) is 11.3 Å². The van der Waals surface area contributed by atoms with Crippen LogP contribution in [0.15, 0.2) is 73.3 Å². The van der Waals surface area contributed by atoms with Crippen molar-refractivity contribution in [3.05, 3.63) is 90.4 Å². The summed E-state index contributed by atoms with van der Waals surface area (Å²) in [7, 11) is 1.89. The number of imidazole rings is 1. The topological polar surface area (TPSA) is 78.3 Å². The first-order chi connectivity index (χ1) is 18.1. The minimum atomic E-state index is -0.204. The maximum absolute atomic E-state index is 13.2. The smallest absolute Gasteiger partial charge is 0.145 e. The number of halogens is 1. The number of rotatable bonds is 5. The number of hydrogen-bond donors (Lipinski definition) is 0. The van der Waals surface area contributed by atoms with Gasteiger partial charge in [0.15, 0.2) is 0 Å². The first-order valence-corrected chi connectivity index (χ1v) is 12.2. The standard InChI is InChI=1S/C28H25FN8/c1-34-19-23(16-33-34)22-12-26(37-25(14-30)17-32-28(37)13-22)21-4-7-27(31-15-21)36-10-8-35(9-11-36)18-20-2-5-24(29)6-3-20/h2-7,12-13,15-17,19H,8-11,18H2,1H3. The molecular weight excluding hydrogens is 467 g/mol. The molecule has 4 aromatic heterocycles. The van der Waals surface area contributed by atoms with E-state index in [9.17, 15) is 9.65 Å². The van der Waals surface area contributed by atoms with Crippen molar-refractivity contribution in [2.24, 2.45) is 7.05 Å². The molecule has 0 amide bonds. The van der Waals surface area contributed by atoms with Gasteiger partial charge in [-0.25, -0.2) is 14.4 Å². The fourth-order valence-electron chi connectivity index (χ4n) is 4.85. The Morgan fingerprint density at radius 1 is 0.892 bits per heavy atom. The SMILES string of the molecule is Cn1cc(-c2cc(-c3ccc(N4CCN(Cc5ccc(F)cc5)CC4)nc3)n3c(C#N)cnc3c2)cn1. The maximum atomic E-state index is 13.2. The first kappa shape index (κ1) is 22.9. The largest absolute Gasteiger partial charge is 0.354 e. The molecule has 0 aliphatic carbocycles. The summed E-state index contributed by atoms with van der Waals surface area (Å²) in [6.07, 6.45) is 7.24. The molecule has 8 nitrogen and oxygen atoms in total. The van der Waals surface area contributed by atoms with Crippen molar-refractivity contribution in [3.63, 3.8) is 0 Å². The van der Waals surface area contributed by atoms with E-state index in [4.69, 9.17) is 4.98 Å². The van der Waals surface area contributed by atoms with Crippen LogP contribution in [0, 0.1) is 17.1 Å². The van der Waals surface area contributed by atoms with E-state index in [0.29, 0.717) is 11.3 Å². The molecule has 0 bridgehead atoms. The lowest BCUT2D eigenvalue weighted by Crippen LogP contribution is -2.46. The van der Waals surface area contributed by atoms with Gasteiger partial charge in [-0.05, 0) is 47.5 Å². The van der Waals surface area contributed by atoms with Crippen molar-refractivity contribution in [1.29, 1.82) is 5.26 Å². The van der Waals surface area contributed by atoms with Crippen molar-refractivity contribution in [2.75, 3.05) is 31.1 Å². The van der Waals surface area contributed by atoms with Crippen molar-refractivity contribution in [3.8, 4) is 28.5 Å². The van der Waals surface area contributed by atoms with E-state index in [-0.39, 0.29) is 5.82 Å². The minimum Gasteiger partial charge on any atom is -0.354 e. The molecule has 5 heterocycles. The maximum Gasteiger partial charge on any atom is 0.145 e. The molecule has 1 aliphatic rings. The van der Waals surface area contributed by atoms with Gasteiger partial charge in [0.05, 0.1) is 18.1 Å². The van der Waals surface area contributed by atoms with Crippen LogP contribution < -0.4 is 4.90 Å². The molecule has 0 unspecified atom stereocenters. The summed E-state index contributed by atoms with van der Waals surface area (Å²) in [6.45, 7) is 4.38. The molecule has 1 aliphatic heterocycles. The van der Waals surface area contributed by atoms with Crippen LogP contribution in [-0.4, -0.2) is 55.2 Å². The Labute approximate surface area is 213 Å². The van der Waals surface area contributed by atoms with Gasteiger partial charge in [0.1, 0.15) is 29.0 Å². The Hall–Kier alpha value is -4.55. The third-order valence-corrected chi connectivity index (χ3v) is 6.82. The number of pyridine rings is 2. The molecule has 184 valence electrons.